The normalized spacial score (nSPS) is 16.5. The zero-order valence-electron chi connectivity index (χ0n) is 15.2. The molecule has 0 radical (unpaired) electrons. The van der Waals surface area contributed by atoms with Crippen molar-refractivity contribution in [2.45, 2.75) is 18.9 Å². The molecule has 1 saturated heterocycles. The van der Waals surface area contributed by atoms with Gasteiger partial charge in [0.05, 0.1) is 20.3 Å². The number of thiophene rings is 1. The van der Waals surface area contributed by atoms with Crippen LogP contribution >= 0.6 is 22.7 Å². The predicted octanol–water partition coefficient (Wildman–Crippen LogP) is 4.87. The van der Waals surface area contributed by atoms with E-state index >= 15 is 0 Å². The largest absolute Gasteiger partial charge is 0.497 e. The number of likely N-dealkylation sites (tertiary alicyclic amines) is 1. The molecule has 27 heavy (non-hydrogen) atoms. The smallest absolute Gasteiger partial charge is 0.273 e. The van der Waals surface area contributed by atoms with Crippen molar-refractivity contribution in [2.24, 2.45) is 0 Å². The predicted molar refractivity (Wildman–Crippen MR) is 108 cm³/mol. The molecule has 0 saturated carbocycles. The third kappa shape index (κ3) is 3.44. The van der Waals surface area contributed by atoms with Gasteiger partial charge in [0, 0.05) is 34.5 Å². The van der Waals surface area contributed by atoms with Crippen LogP contribution in [0.4, 0.5) is 0 Å². The lowest BCUT2D eigenvalue weighted by atomic mass is 10.0. The van der Waals surface area contributed by atoms with Crippen LogP contribution in [0.5, 0.6) is 11.5 Å². The van der Waals surface area contributed by atoms with Crippen LogP contribution < -0.4 is 9.47 Å². The van der Waals surface area contributed by atoms with Crippen molar-refractivity contribution in [2.75, 3.05) is 20.8 Å². The average Bonchev–Trinajstić information content (AvgIpc) is 3.47. The van der Waals surface area contributed by atoms with Gasteiger partial charge in [-0.1, -0.05) is 0 Å². The van der Waals surface area contributed by atoms with Crippen LogP contribution in [-0.4, -0.2) is 36.6 Å². The van der Waals surface area contributed by atoms with Crippen LogP contribution in [0.1, 0.15) is 34.9 Å². The Morgan fingerprint density at radius 1 is 1.22 bits per heavy atom. The van der Waals surface area contributed by atoms with Gasteiger partial charge >= 0.3 is 0 Å². The van der Waals surface area contributed by atoms with Crippen LogP contribution in [0, 0.1) is 0 Å². The maximum Gasteiger partial charge on any atom is 0.273 e. The first kappa shape index (κ1) is 18.0. The van der Waals surface area contributed by atoms with Gasteiger partial charge in [0.2, 0.25) is 0 Å². The summed E-state index contributed by atoms with van der Waals surface area (Å²) in [7, 11) is 3.28. The van der Waals surface area contributed by atoms with E-state index in [2.05, 4.69) is 4.98 Å². The van der Waals surface area contributed by atoms with Crippen LogP contribution in [0.2, 0.25) is 0 Å². The van der Waals surface area contributed by atoms with Gasteiger partial charge in [-0.25, -0.2) is 4.98 Å². The summed E-state index contributed by atoms with van der Waals surface area (Å²) < 4.78 is 10.8. The Bertz CT molecular complexity index is 937. The van der Waals surface area contributed by atoms with Crippen molar-refractivity contribution >= 4 is 28.6 Å². The molecule has 2 aromatic heterocycles. The van der Waals surface area contributed by atoms with Gasteiger partial charge in [0.15, 0.2) is 0 Å². The number of rotatable bonds is 5. The summed E-state index contributed by atoms with van der Waals surface area (Å²) in [6.07, 6.45) is 1.88. The van der Waals surface area contributed by atoms with Gasteiger partial charge < -0.3 is 14.4 Å². The number of carbonyl (C=O) groups excluding carboxylic acids is 1. The summed E-state index contributed by atoms with van der Waals surface area (Å²) in [5, 5.41) is 6.81. The van der Waals surface area contributed by atoms with Crippen LogP contribution in [0.3, 0.4) is 0 Å². The minimum atomic E-state index is -0.0203. The summed E-state index contributed by atoms with van der Waals surface area (Å²) in [5.74, 6) is 1.47. The Kier molecular flexibility index (Phi) is 5.13. The zero-order chi connectivity index (χ0) is 18.8. The summed E-state index contributed by atoms with van der Waals surface area (Å²) in [6, 6.07) is 7.79. The highest BCUT2D eigenvalue weighted by Crippen LogP contribution is 2.39. The number of hydrogen-bond acceptors (Lipinski definition) is 6. The quantitative estimate of drug-likeness (QED) is 0.613. The summed E-state index contributed by atoms with van der Waals surface area (Å²) in [4.78, 5) is 19.6. The number of carbonyl (C=O) groups is 1. The number of methoxy groups -OCH3 is 2. The Morgan fingerprint density at radius 3 is 2.85 bits per heavy atom. The maximum atomic E-state index is 13.1. The molecule has 1 unspecified atom stereocenters. The van der Waals surface area contributed by atoms with Crippen molar-refractivity contribution in [1.29, 1.82) is 0 Å². The van der Waals surface area contributed by atoms with E-state index in [0.29, 0.717) is 5.69 Å². The molecule has 1 aliphatic heterocycles. The van der Waals surface area contributed by atoms with E-state index in [9.17, 15) is 4.79 Å². The molecule has 4 rings (SSSR count). The number of thiazole rings is 1. The third-order valence-corrected chi connectivity index (χ3v) is 6.38. The number of hydrogen-bond donors (Lipinski definition) is 0. The van der Waals surface area contributed by atoms with E-state index in [4.69, 9.17) is 9.47 Å². The van der Waals surface area contributed by atoms with Gasteiger partial charge in [-0.3, -0.25) is 4.79 Å². The fourth-order valence-electron chi connectivity index (χ4n) is 3.46. The molecule has 0 spiro atoms. The van der Waals surface area contributed by atoms with Crippen LogP contribution in [0.15, 0.2) is 40.4 Å². The first-order valence-corrected chi connectivity index (χ1v) is 10.5. The highest BCUT2D eigenvalue weighted by atomic mass is 32.1. The van der Waals surface area contributed by atoms with E-state index in [1.165, 1.54) is 11.3 Å². The van der Waals surface area contributed by atoms with E-state index in [1.807, 2.05) is 45.3 Å². The summed E-state index contributed by atoms with van der Waals surface area (Å²) >= 11 is 3.14. The molecule has 0 aliphatic carbocycles. The lowest BCUT2D eigenvalue weighted by molar-refractivity contribution is 0.0729. The van der Waals surface area contributed by atoms with E-state index < -0.39 is 0 Å². The van der Waals surface area contributed by atoms with Gasteiger partial charge in [-0.2, -0.15) is 11.3 Å². The molecule has 0 bridgehead atoms. The Hall–Kier alpha value is -2.38. The molecule has 0 N–H and O–H groups in total. The highest BCUT2D eigenvalue weighted by Gasteiger charge is 2.33. The lowest BCUT2D eigenvalue weighted by Crippen LogP contribution is -2.31. The third-order valence-electron chi connectivity index (χ3n) is 4.80. The Balaban J connectivity index is 1.61. The molecule has 1 amide bonds. The lowest BCUT2D eigenvalue weighted by Gasteiger charge is -2.26. The minimum absolute atomic E-state index is 0.00958. The summed E-state index contributed by atoms with van der Waals surface area (Å²) in [5.41, 5.74) is 2.59. The van der Waals surface area contributed by atoms with Crippen LogP contribution in [0.25, 0.3) is 10.6 Å². The Morgan fingerprint density at radius 2 is 2.11 bits per heavy atom. The molecule has 1 aliphatic rings. The van der Waals surface area contributed by atoms with Crippen molar-refractivity contribution < 1.29 is 14.3 Å². The molecule has 3 heterocycles. The maximum absolute atomic E-state index is 13.1. The zero-order valence-corrected chi connectivity index (χ0v) is 16.8. The van der Waals surface area contributed by atoms with E-state index in [1.54, 1.807) is 25.6 Å². The second kappa shape index (κ2) is 7.70. The first-order valence-electron chi connectivity index (χ1n) is 8.72. The molecular formula is C20H20N2O3S2. The number of ether oxygens (including phenoxy) is 2. The molecular weight excluding hydrogens is 380 g/mol. The van der Waals surface area contributed by atoms with Crippen molar-refractivity contribution in [3.63, 3.8) is 0 Å². The van der Waals surface area contributed by atoms with Crippen LogP contribution in [-0.2, 0) is 0 Å². The number of benzene rings is 1. The first-order chi connectivity index (χ1) is 13.2. The minimum Gasteiger partial charge on any atom is -0.497 e. The topological polar surface area (TPSA) is 51.7 Å². The molecule has 7 heteroatoms. The van der Waals surface area contributed by atoms with E-state index in [-0.39, 0.29) is 11.9 Å². The molecule has 140 valence electrons. The molecule has 1 fully saturated rings. The van der Waals surface area contributed by atoms with E-state index in [0.717, 1.165) is 47.0 Å². The Labute approximate surface area is 166 Å². The highest BCUT2D eigenvalue weighted by molar-refractivity contribution is 7.14. The fourth-order valence-corrected chi connectivity index (χ4v) is 4.97. The number of aromatic nitrogens is 1. The van der Waals surface area contributed by atoms with Crippen molar-refractivity contribution in [3.8, 4) is 22.1 Å². The molecule has 1 atom stereocenters. The number of amides is 1. The number of nitrogens with zero attached hydrogens (tertiary/aromatic N) is 2. The average molecular weight is 401 g/mol. The van der Waals surface area contributed by atoms with Crippen molar-refractivity contribution in [1.82, 2.24) is 9.88 Å². The van der Waals surface area contributed by atoms with Gasteiger partial charge in [-0.15, -0.1) is 11.3 Å². The second-order valence-electron chi connectivity index (χ2n) is 6.31. The fraction of sp³-hybridized carbons (Fsp3) is 0.300. The summed E-state index contributed by atoms with van der Waals surface area (Å²) in [6.45, 7) is 0.726. The standard InChI is InChI=1S/C20H20N2O3S2/c1-24-14-5-6-15(18(10-14)25-2)17-4-3-8-22(17)20(23)16-12-27-19(21-16)13-7-9-26-11-13/h5-7,9-12,17H,3-4,8H2,1-2H3. The van der Waals surface area contributed by atoms with Crippen molar-refractivity contribution in [3.05, 3.63) is 51.7 Å². The monoisotopic (exact) mass is 400 g/mol. The van der Waals surface area contributed by atoms with Gasteiger partial charge in [0.1, 0.15) is 22.2 Å². The molecule has 5 nitrogen and oxygen atoms in total. The van der Waals surface area contributed by atoms with Gasteiger partial charge in [0.25, 0.3) is 5.91 Å². The second-order valence-corrected chi connectivity index (χ2v) is 7.95. The molecule has 1 aromatic carbocycles. The molecule has 3 aromatic rings. The SMILES string of the molecule is COc1ccc(C2CCCN2C(=O)c2csc(-c3ccsc3)n2)c(OC)c1. The van der Waals surface area contributed by atoms with Gasteiger partial charge in [-0.05, 0) is 36.4 Å².